The third-order valence-electron chi connectivity index (χ3n) is 2.97. The molecule has 1 heterocycles. The van der Waals surface area contributed by atoms with Gasteiger partial charge in [0.25, 0.3) is 5.56 Å². The molecule has 0 bridgehead atoms. The first-order valence-corrected chi connectivity index (χ1v) is 6.28. The van der Waals surface area contributed by atoms with Crippen molar-refractivity contribution in [1.29, 1.82) is 0 Å². The normalized spacial score (nSPS) is 10.6. The van der Waals surface area contributed by atoms with Gasteiger partial charge < -0.3 is 14.0 Å². The van der Waals surface area contributed by atoms with E-state index in [1.165, 1.54) is 18.8 Å². The zero-order valence-corrected chi connectivity index (χ0v) is 12.0. The van der Waals surface area contributed by atoms with Gasteiger partial charge in [-0.25, -0.2) is 4.98 Å². The smallest absolute Gasteiger partial charge is 0.280 e. The van der Waals surface area contributed by atoms with Gasteiger partial charge in [-0.1, -0.05) is 0 Å². The highest BCUT2D eigenvalue weighted by Crippen LogP contribution is 2.30. The number of ether oxygens (including phenoxy) is 2. The number of fused-ring (bicyclic) bond motifs is 1. The van der Waals surface area contributed by atoms with Crippen LogP contribution in [0.25, 0.3) is 11.0 Å². The fourth-order valence-electron chi connectivity index (χ4n) is 1.90. The van der Waals surface area contributed by atoms with Crippen LogP contribution in [0.15, 0.2) is 16.9 Å². The molecule has 0 fully saturated rings. The lowest BCUT2D eigenvalue weighted by molar-refractivity contribution is 0.101. The van der Waals surface area contributed by atoms with Gasteiger partial charge in [0, 0.05) is 19.2 Å². The maximum absolute atomic E-state index is 12.1. The number of Topliss-reactive ketones (excluding diaryl/α,β-unsaturated/α-hetero) is 1. The Labute approximate surface area is 119 Å². The van der Waals surface area contributed by atoms with E-state index in [4.69, 9.17) is 21.1 Å². The van der Waals surface area contributed by atoms with Crippen molar-refractivity contribution in [2.75, 3.05) is 20.1 Å². The number of aryl methyl sites for hydroxylation is 1. The summed E-state index contributed by atoms with van der Waals surface area (Å²) in [5, 5.41) is 0. The Balaban J connectivity index is 2.83. The first-order valence-electron chi connectivity index (χ1n) is 5.75. The second kappa shape index (κ2) is 5.50. The molecule has 20 heavy (non-hydrogen) atoms. The number of nitrogens with zero attached hydrogens (tertiary/aromatic N) is 2. The number of alkyl halides is 1. The van der Waals surface area contributed by atoms with Crippen LogP contribution >= 0.6 is 11.6 Å². The van der Waals surface area contributed by atoms with Gasteiger partial charge in [-0.15, -0.1) is 11.6 Å². The standard InChI is InChI=1S/C13H13ClN2O4/c1-16-8-5-11(20-3)10(19-2)4-7(8)15-12(13(16)18)9(17)6-14/h4-5H,6H2,1-3H3. The molecule has 106 valence electrons. The monoisotopic (exact) mass is 296 g/mol. The number of ketones is 1. The lowest BCUT2D eigenvalue weighted by Crippen LogP contribution is -2.27. The number of aromatic nitrogens is 2. The fraction of sp³-hybridized carbons (Fsp3) is 0.308. The lowest BCUT2D eigenvalue weighted by Gasteiger charge is -2.11. The van der Waals surface area contributed by atoms with Crippen molar-refractivity contribution in [1.82, 2.24) is 9.55 Å². The Bertz CT molecular complexity index is 739. The second-order valence-corrected chi connectivity index (χ2v) is 4.34. The Morgan fingerprint density at radius 1 is 1.30 bits per heavy atom. The van der Waals surface area contributed by atoms with Crippen molar-refractivity contribution in [3.63, 3.8) is 0 Å². The fourth-order valence-corrected chi connectivity index (χ4v) is 2.02. The number of rotatable bonds is 4. The first kappa shape index (κ1) is 14.3. The summed E-state index contributed by atoms with van der Waals surface area (Å²) in [6.45, 7) is 0. The zero-order valence-electron chi connectivity index (χ0n) is 11.3. The quantitative estimate of drug-likeness (QED) is 0.629. The predicted octanol–water partition coefficient (Wildman–Crippen LogP) is 1.37. The molecule has 6 nitrogen and oxygen atoms in total. The van der Waals surface area contributed by atoms with E-state index in [9.17, 15) is 9.59 Å². The molecule has 1 aromatic carbocycles. The van der Waals surface area contributed by atoms with Gasteiger partial charge in [0.15, 0.2) is 17.2 Å². The van der Waals surface area contributed by atoms with E-state index in [1.54, 1.807) is 19.2 Å². The minimum atomic E-state index is -0.510. The molecule has 0 N–H and O–H groups in total. The molecule has 0 saturated carbocycles. The number of hydrogen-bond donors (Lipinski definition) is 0. The third-order valence-corrected chi connectivity index (χ3v) is 3.21. The number of carbonyl (C=O) groups excluding carboxylic acids is 1. The SMILES string of the molecule is COc1cc2nc(C(=O)CCl)c(=O)n(C)c2cc1OC. The molecule has 0 aliphatic carbocycles. The summed E-state index contributed by atoms with van der Waals surface area (Å²) in [6, 6.07) is 3.25. The first-order chi connectivity index (χ1) is 9.53. The van der Waals surface area contributed by atoms with Crippen LogP contribution in [0.2, 0.25) is 0 Å². The Kier molecular flexibility index (Phi) is 3.94. The van der Waals surface area contributed by atoms with E-state index in [-0.39, 0.29) is 11.6 Å². The van der Waals surface area contributed by atoms with Gasteiger partial charge in [-0.2, -0.15) is 0 Å². The van der Waals surface area contributed by atoms with Gasteiger partial charge in [-0.05, 0) is 0 Å². The molecular formula is C13H13ClN2O4. The minimum Gasteiger partial charge on any atom is -0.493 e. The van der Waals surface area contributed by atoms with Crippen molar-refractivity contribution < 1.29 is 14.3 Å². The molecule has 1 aromatic heterocycles. The van der Waals surface area contributed by atoms with Gasteiger partial charge in [0.1, 0.15) is 0 Å². The average molecular weight is 297 g/mol. The van der Waals surface area contributed by atoms with E-state index in [2.05, 4.69) is 4.98 Å². The molecule has 2 rings (SSSR count). The molecule has 0 aliphatic heterocycles. The summed E-state index contributed by atoms with van der Waals surface area (Å²) in [6.07, 6.45) is 0. The molecular weight excluding hydrogens is 284 g/mol. The van der Waals surface area contributed by atoms with E-state index in [1.807, 2.05) is 0 Å². The molecule has 0 atom stereocenters. The Morgan fingerprint density at radius 3 is 2.45 bits per heavy atom. The van der Waals surface area contributed by atoms with Crippen LogP contribution in [-0.4, -0.2) is 35.4 Å². The molecule has 0 spiro atoms. The van der Waals surface area contributed by atoms with Crippen molar-refractivity contribution in [2.24, 2.45) is 7.05 Å². The molecule has 0 amide bonds. The number of hydrogen-bond acceptors (Lipinski definition) is 5. The van der Waals surface area contributed by atoms with Crippen LogP contribution in [0.1, 0.15) is 10.5 Å². The molecule has 0 aliphatic rings. The number of halogens is 1. The van der Waals surface area contributed by atoms with Crippen LogP contribution in [0, 0.1) is 0 Å². The lowest BCUT2D eigenvalue weighted by atomic mass is 10.2. The van der Waals surface area contributed by atoms with Gasteiger partial charge in [0.2, 0.25) is 5.78 Å². The van der Waals surface area contributed by atoms with E-state index in [0.717, 1.165) is 0 Å². The van der Waals surface area contributed by atoms with Crippen LogP contribution in [0.4, 0.5) is 0 Å². The maximum atomic E-state index is 12.1. The highest BCUT2D eigenvalue weighted by Gasteiger charge is 2.17. The molecule has 0 radical (unpaired) electrons. The highest BCUT2D eigenvalue weighted by atomic mass is 35.5. The van der Waals surface area contributed by atoms with Crippen molar-refractivity contribution in [3.05, 3.63) is 28.2 Å². The van der Waals surface area contributed by atoms with Crippen LogP contribution in [0.5, 0.6) is 11.5 Å². The molecule has 0 saturated heterocycles. The van der Waals surface area contributed by atoms with E-state index in [0.29, 0.717) is 22.5 Å². The summed E-state index contributed by atoms with van der Waals surface area (Å²) in [5.74, 6) is 0.147. The van der Waals surface area contributed by atoms with E-state index >= 15 is 0 Å². The number of benzene rings is 1. The number of methoxy groups -OCH3 is 2. The van der Waals surface area contributed by atoms with Gasteiger partial charge in [0.05, 0.1) is 31.1 Å². The zero-order chi connectivity index (χ0) is 14.9. The summed E-state index contributed by atoms with van der Waals surface area (Å²) in [5.41, 5.74) is 0.328. The summed E-state index contributed by atoms with van der Waals surface area (Å²) < 4.78 is 11.7. The van der Waals surface area contributed by atoms with Crippen molar-refractivity contribution in [2.45, 2.75) is 0 Å². The van der Waals surface area contributed by atoms with Crippen LogP contribution < -0.4 is 15.0 Å². The van der Waals surface area contributed by atoms with Crippen molar-refractivity contribution >= 4 is 28.4 Å². The van der Waals surface area contributed by atoms with Crippen molar-refractivity contribution in [3.8, 4) is 11.5 Å². The summed E-state index contributed by atoms with van der Waals surface area (Å²) >= 11 is 5.49. The minimum absolute atomic E-state index is 0.179. The maximum Gasteiger partial charge on any atom is 0.280 e. The third kappa shape index (κ3) is 2.22. The molecule has 0 unspecified atom stereocenters. The van der Waals surface area contributed by atoms with Gasteiger partial charge >= 0.3 is 0 Å². The van der Waals surface area contributed by atoms with Gasteiger partial charge in [-0.3, -0.25) is 9.59 Å². The average Bonchev–Trinajstić information content (AvgIpc) is 2.48. The predicted molar refractivity (Wildman–Crippen MR) is 75.1 cm³/mol. The van der Waals surface area contributed by atoms with Crippen LogP contribution in [-0.2, 0) is 7.05 Å². The Hall–Kier alpha value is -2.08. The summed E-state index contributed by atoms with van der Waals surface area (Å²) in [7, 11) is 4.56. The number of carbonyl (C=O) groups is 1. The van der Waals surface area contributed by atoms with Crippen LogP contribution in [0.3, 0.4) is 0 Å². The molecule has 2 aromatic rings. The summed E-state index contributed by atoms with van der Waals surface area (Å²) in [4.78, 5) is 27.8. The topological polar surface area (TPSA) is 70.4 Å². The van der Waals surface area contributed by atoms with E-state index < -0.39 is 11.3 Å². The second-order valence-electron chi connectivity index (χ2n) is 4.08. The Morgan fingerprint density at radius 2 is 1.90 bits per heavy atom. The largest absolute Gasteiger partial charge is 0.493 e. The highest BCUT2D eigenvalue weighted by molar-refractivity contribution is 6.30. The molecule has 7 heteroatoms.